The van der Waals surface area contributed by atoms with E-state index in [0.29, 0.717) is 11.6 Å². The van der Waals surface area contributed by atoms with Crippen LogP contribution in [0.25, 0.3) is 0 Å². The Kier molecular flexibility index (Phi) is 2.69. The first-order valence-electron chi connectivity index (χ1n) is 4.13. The molecule has 0 saturated heterocycles. The first-order valence-corrected chi connectivity index (χ1v) is 4.13. The Balaban J connectivity index is 2.86. The minimum atomic E-state index is -0.191. The van der Waals surface area contributed by atoms with Crippen molar-refractivity contribution < 1.29 is 4.39 Å². The Bertz CT molecular complexity index is 269. The fourth-order valence-electron chi connectivity index (χ4n) is 1.17. The molecule has 0 aliphatic rings. The summed E-state index contributed by atoms with van der Waals surface area (Å²) in [5, 5.41) is 0. The van der Waals surface area contributed by atoms with Crippen molar-refractivity contribution in [1.29, 1.82) is 0 Å². The van der Waals surface area contributed by atoms with E-state index in [-0.39, 0.29) is 5.82 Å². The van der Waals surface area contributed by atoms with E-state index >= 15 is 0 Å². The fourth-order valence-corrected chi connectivity index (χ4v) is 1.17. The molecule has 1 rings (SSSR count). The summed E-state index contributed by atoms with van der Waals surface area (Å²) in [5.41, 5.74) is 6.65. The van der Waals surface area contributed by atoms with Crippen LogP contribution in [0, 0.1) is 11.7 Å². The lowest BCUT2D eigenvalue weighted by atomic mass is 10.0. The van der Waals surface area contributed by atoms with E-state index in [0.717, 1.165) is 12.0 Å². The maximum absolute atomic E-state index is 13.1. The van der Waals surface area contributed by atoms with Crippen LogP contribution in [0.2, 0.25) is 0 Å². The minimum Gasteiger partial charge on any atom is -0.399 e. The fraction of sp³-hybridized carbons (Fsp3) is 0.400. The van der Waals surface area contributed by atoms with Crippen molar-refractivity contribution in [2.45, 2.75) is 20.3 Å². The number of hydrogen-bond acceptors (Lipinski definition) is 1. The molecule has 2 heteroatoms. The van der Waals surface area contributed by atoms with Crippen molar-refractivity contribution in [3.8, 4) is 0 Å². The number of halogens is 1. The molecule has 0 spiro atoms. The third-order valence-electron chi connectivity index (χ3n) is 1.71. The molecule has 0 amide bonds. The Morgan fingerprint density at radius 1 is 1.42 bits per heavy atom. The molecular formula is C10H14FN. The van der Waals surface area contributed by atoms with Crippen LogP contribution in [-0.2, 0) is 6.42 Å². The summed E-state index contributed by atoms with van der Waals surface area (Å²) < 4.78 is 13.1. The first-order chi connectivity index (χ1) is 5.59. The number of rotatable bonds is 2. The predicted octanol–water partition coefficient (Wildman–Crippen LogP) is 2.61. The zero-order chi connectivity index (χ0) is 9.14. The van der Waals surface area contributed by atoms with Gasteiger partial charge in [0.05, 0.1) is 0 Å². The molecule has 0 aromatic heterocycles. The molecule has 0 atom stereocenters. The van der Waals surface area contributed by atoms with Gasteiger partial charge in [-0.1, -0.05) is 19.9 Å². The second-order valence-electron chi connectivity index (χ2n) is 3.45. The zero-order valence-corrected chi connectivity index (χ0v) is 7.47. The molecule has 0 unspecified atom stereocenters. The molecule has 0 radical (unpaired) electrons. The molecule has 1 aromatic carbocycles. The van der Waals surface area contributed by atoms with Gasteiger partial charge in [0.2, 0.25) is 0 Å². The normalized spacial score (nSPS) is 10.7. The van der Waals surface area contributed by atoms with Crippen molar-refractivity contribution in [1.82, 2.24) is 0 Å². The molecule has 0 aliphatic heterocycles. The summed E-state index contributed by atoms with van der Waals surface area (Å²) in [6, 6.07) is 4.86. The topological polar surface area (TPSA) is 26.0 Å². The summed E-state index contributed by atoms with van der Waals surface area (Å²) in [5.74, 6) is 0.284. The molecule has 2 N–H and O–H groups in total. The smallest absolute Gasteiger partial charge is 0.128 e. The lowest BCUT2D eigenvalue weighted by Gasteiger charge is -2.06. The van der Waals surface area contributed by atoms with Crippen molar-refractivity contribution >= 4 is 5.69 Å². The maximum atomic E-state index is 13.1. The number of anilines is 1. The van der Waals surface area contributed by atoms with Gasteiger partial charge in [-0.25, -0.2) is 4.39 Å². The van der Waals surface area contributed by atoms with Gasteiger partial charge in [0.15, 0.2) is 0 Å². The summed E-state index contributed by atoms with van der Waals surface area (Å²) >= 11 is 0. The van der Waals surface area contributed by atoms with Gasteiger partial charge < -0.3 is 5.73 Å². The zero-order valence-electron chi connectivity index (χ0n) is 7.47. The third-order valence-corrected chi connectivity index (χ3v) is 1.71. The highest BCUT2D eigenvalue weighted by Gasteiger charge is 2.03. The number of hydrogen-bond donors (Lipinski definition) is 1. The molecule has 0 aliphatic carbocycles. The second-order valence-corrected chi connectivity index (χ2v) is 3.45. The Morgan fingerprint density at radius 2 is 2.08 bits per heavy atom. The van der Waals surface area contributed by atoms with Crippen LogP contribution >= 0.6 is 0 Å². The molecule has 66 valence electrons. The average molecular weight is 167 g/mol. The van der Waals surface area contributed by atoms with E-state index in [1.165, 1.54) is 6.07 Å². The maximum Gasteiger partial charge on any atom is 0.128 e. The number of nitrogens with two attached hydrogens (primary N) is 1. The lowest BCUT2D eigenvalue weighted by molar-refractivity contribution is 0.574. The van der Waals surface area contributed by atoms with Crippen molar-refractivity contribution in [3.63, 3.8) is 0 Å². The molecule has 0 fully saturated rings. The molecular weight excluding hydrogens is 153 g/mol. The molecule has 1 nitrogen and oxygen atoms in total. The van der Waals surface area contributed by atoms with Gasteiger partial charge in [-0.05, 0) is 30.0 Å². The number of nitrogen functional groups attached to an aromatic ring is 1. The lowest BCUT2D eigenvalue weighted by Crippen LogP contribution is -1.98. The molecule has 12 heavy (non-hydrogen) atoms. The van der Waals surface area contributed by atoms with Gasteiger partial charge in [0.1, 0.15) is 5.82 Å². The van der Waals surface area contributed by atoms with Crippen LogP contribution < -0.4 is 5.73 Å². The highest BCUT2D eigenvalue weighted by molar-refractivity contribution is 5.40. The van der Waals surface area contributed by atoms with Gasteiger partial charge in [-0.3, -0.25) is 0 Å². The van der Waals surface area contributed by atoms with Crippen LogP contribution in [0.15, 0.2) is 18.2 Å². The van der Waals surface area contributed by atoms with E-state index in [1.54, 1.807) is 12.1 Å². The van der Waals surface area contributed by atoms with Gasteiger partial charge in [-0.15, -0.1) is 0 Å². The van der Waals surface area contributed by atoms with Gasteiger partial charge >= 0.3 is 0 Å². The first kappa shape index (κ1) is 9.04. The standard InChI is InChI=1S/C10H14FN/c1-7(2)5-8-3-4-9(12)6-10(8)11/h3-4,6-7H,5,12H2,1-2H3. The summed E-state index contributed by atoms with van der Waals surface area (Å²) in [6.07, 6.45) is 0.770. The average Bonchev–Trinajstić information content (AvgIpc) is 1.94. The van der Waals surface area contributed by atoms with E-state index in [1.807, 2.05) is 0 Å². The van der Waals surface area contributed by atoms with Crippen LogP contribution in [0.5, 0.6) is 0 Å². The van der Waals surface area contributed by atoms with Gasteiger partial charge in [0, 0.05) is 5.69 Å². The Morgan fingerprint density at radius 3 is 2.58 bits per heavy atom. The Hall–Kier alpha value is -1.05. The number of benzene rings is 1. The highest BCUT2D eigenvalue weighted by Crippen LogP contribution is 2.15. The summed E-state index contributed by atoms with van der Waals surface area (Å²) in [7, 11) is 0. The highest BCUT2D eigenvalue weighted by atomic mass is 19.1. The molecule has 0 heterocycles. The van der Waals surface area contributed by atoms with Crippen molar-refractivity contribution in [3.05, 3.63) is 29.6 Å². The third kappa shape index (κ3) is 2.22. The van der Waals surface area contributed by atoms with Crippen LogP contribution in [0.1, 0.15) is 19.4 Å². The van der Waals surface area contributed by atoms with Crippen LogP contribution in [-0.4, -0.2) is 0 Å². The van der Waals surface area contributed by atoms with E-state index in [9.17, 15) is 4.39 Å². The van der Waals surface area contributed by atoms with E-state index in [4.69, 9.17) is 5.73 Å². The summed E-state index contributed by atoms with van der Waals surface area (Å²) in [4.78, 5) is 0. The van der Waals surface area contributed by atoms with Crippen molar-refractivity contribution in [2.24, 2.45) is 5.92 Å². The van der Waals surface area contributed by atoms with E-state index in [2.05, 4.69) is 13.8 Å². The van der Waals surface area contributed by atoms with Gasteiger partial charge in [-0.2, -0.15) is 0 Å². The van der Waals surface area contributed by atoms with Gasteiger partial charge in [0.25, 0.3) is 0 Å². The Labute approximate surface area is 72.4 Å². The van der Waals surface area contributed by atoms with Crippen LogP contribution in [0.4, 0.5) is 10.1 Å². The molecule has 1 aromatic rings. The summed E-state index contributed by atoms with van der Waals surface area (Å²) in [6.45, 7) is 4.13. The molecule has 0 bridgehead atoms. The predicted molar refractivity (Wildman–Crippen MR) is 49.4 cm³/mol. The monoisotopic (exact) mass is 167 g/mol. The quantitative estimate of drug-likeness (QED) is 0.673. The minimum absolute atomic E-state index is 0.191. The molecule has 0 saturated carbocycles. The SMILES string of the molecule is CC(C)Cc1ccc(N)cc1F. The van der Waals surface area contributed by atoms with E-state index < -0.39 is 0 Å². The van der Waals surface area contributed by atoms with Crippen LogP contribution in [0.3, 0.4) is 0 Å². The largest absolute Gasteiger partial charge is 0.399 e. The van der Waals surface area contributed by atoms with Crippen molar-refractivity contribution in [2.75, 3.05) is 5.73 Å². The second kappa shape index (κ2) is 3.57.